The van der Waals surface area contributed by atoms with Crippen molar-refractivity contribution in [2.24, 2.45) is 11.8 Å². The van der Waals surface area contributed by atoms with Gasteiger partial charge in [-0.3, -0.25) is 14.4 Å². The molecule has 0 aromatic heterocycles. The number of fused-ring (bicyclic) bond motifs is 2. The second kappa shape index (κ2) is 10.7. The van der Waals surface area contributed by atoms with Gasteiger partial charge >= 0.3 is 0 Å². The Balaban J connectivity index is 1.40. The number of likely N-dealkylation sites (tertiary alicyclic amines) is 1. The highest BCUT2D eigenvalue weighted by Crippen LogP contribution is 2.61. The number of ether oxygens (including phenoxy) is 1. The SMILES string of the molecule is CCOc1ccc(N2CC=C[C@@H]3S[C@]45C=CCN(c6cc(C)ccc6C)C(=O)C4N(CCO)C(=O)[C@@H]5[C@@H]3C2=O)cc1. The molecule has 3 amide bonds. The number of hydrogen-bond donors (Lipinski definition) is 1. The maximum atomic E-state index is 14.5. The molecule has 5 atom stereocenters. The molecule has 4 aliphatic rings. The Morgan fingerprint density at radius 1 is 0.976 bits per heavy atom. The van der Waals surface area contributed by atoms with Gasteiger partial charge in [0.1, 0.15) is 11.8 Å². The zero-order chi connectivity index (χ0) is 28.9. The van der Waals surface area contributed by atoms with Gasteiger partial charge in [-0.1, -0.05) is 36.4 Å². The first-order valence-corrected chi connectivity index (χ1v) is 15.0. The second-order valence-corrected chi connectivity index (χ2v) is 12.5. The molecule has 0 bridgehead atoms. The van der Waals surface area contributed by atoms with Crippen molar-refractivity contribution < 1.29 is 24.2 Å². The predicted octanol–water partition coefficient (Wildman–Crippen LogP) is 3.50. The van der Waals surface area contributed by atoms with Crippen molar-refractivity contribution in [1.29, 1.82) is 0 Å². The number of carbonyl (C=O) groups excluding carboxylic acids is 3. The summed E-state index contributed by atoms with van der Waals surface area (Å²) in [4.78, 5) is 48.0. The summed E-state index contributed by atoms with van der Waals surface area (Å²) in [6, 6.07) is 12.6. The first-order chi connectivity index (χ1) is 19.8. The van der Waals surface area contributed by atoms with Gasteiger partial charge in [-0.2, -0.15) is 0 Å². The fourth-order valence-corrected chi connectivity index (χ4v) is 8.84. The zero-order valence-electron chi connectivity index (χ0n) is 23.5. The monoisotopic (exact) mass is 573 g/mol. The third-order valence-electron chi connectivity index (χ3n) is 8.61. The fourth-order valence-electron chi connectivity index (χ4n) is 6.83. The van der Waals surface area contributed by atoms with Gasteiger partial charge in [0.05, 0.1) is 29.8 Å². The lowest BCUT2D eigenvalue weighted by Gasteiger charge is -2.35. The van der Waals surface area contributed by atoms with Crippen LogP contribution >= 0.6 is 11.8 Å². The van der Waals surface area contributed by atoms with Crippen LogP contribution in [0.5, 0.6) is 5.75 Å². The van der Waals surface area contributed by atoms with E-state index in [1.165, 1.54) is 4.90 Å². The van der Waals surface area contributed by atoms with E-state index in [4.69, 9.17) is 4.74 Å². The average molecular weight is 574 g/mol. The van der Waals surface area contributed by atoms with Crippen LogP contribution < -0.4 is 14.5 Å². The molecule has 41 heavy (non-hydrogen) atoms. The quantitative estimate of drug-likeness (QED) is 0.533. The lowest BCUT2D eigenvalue weighted by atomic mass is 9.78. The van der Waals surface area contributed by atoms with E-state index in [-0.39, 0.29) is 36.1 Å². The van der Waals surface area contributed by atoms with Crippen LogP contribution in [0.2, 0.25) is 0 Å². The van der Waals surface area contributed by atoms with Crippen molar-refractivity contribution in [3.8, 4) is 5.75 Å². The molecular formula is C32H35N3O5S. The van der Waals surface area contributed by atoms with Crippen molar-refractivity contribution in [2.75, 3.05) is 42.6 Å². The summed E-state index contributed by atoms with van der Waals surface area (Å²) in [5.41, 5.74) is 3.55. The van der Waals surface area contributed by atoms with Gasteiger partial charge in [0.25, 0.3) is 5.91 Å². The summed E-state index contributed by atoms with van der Waals surface area (Å²) >= 11 is 1.54. The molecule has 6 rings (SSSR count). The van der Waals surface area contributed by atoms with Crippen LogP contribution in [-0.4, -0.2) is 76.6 Å². The third kappa shape index (κ3) is 4.37. The highest BCUT2D eigenvalue weighted by Gasteiger charge is 2.71. The van der Waals surface area contributed by atoms with Crippen LogP contribution in [0.15, 0.2) is 66.8 Å². The number of aliphatic hydroxyl groups is 1. The molecule has 0 saturated carbocycles. The maximum Gasteiger partial charge on any atom is 0.251 e. The number of nitrogens with zero attached hydrogens (tertiary/aromatic N) is 3. The zero-order valence-corrected chi connectivity index (χ0v) is 24.3. The summed E-state index contributed by atoms with van der Waals surface area (Å²) in [6.45, 7) is 6.97. The molecule has 4 heterocycles. The topological polar surface area (TPSA) is 90.4 Å². The molecule has 2 aromatic carbocycles. The molecule has 4 aliphatic heterocycles. The van der Waals surface area contributed by atoms with E-state index in [0.29, 0.717) is 19.7 Å². The maximum absolute atomic E-state index is 14.5. The standard InChI is InChI=1S/C32H35N3O5S/c1-4-40-23-12-10-22(11-13-23)33-15-5-7-25-26(29(33)37)27-30(38)35(17-18-36)28-31(39)34(16-6-14-32(27,28)41-25)24-19-20(2)8-9-21(24)3/h5-14,19,25-28,36H,4,15-18H2,1-3H3/t25-,26+,27-,28?,32-/m0/s1. The van der Waals surface area contributed by atoms with Crippen molar-refractivity contribution in [2.45, 2.75) is 36.8 Å². The Labute approximate surface area is 244 Å². The van der Waals surface area contributed by atoms with Crippen LogP contribution in [0.1, 0.15) is 18.1 Å². The second-order valence-electron chi connectivity index (χ2n) is 11.0. The van der Waals surface area contributed by atoms with E-state index in [2.05, 4.69) is 0 Å². The number of amides is 3. The number of aliphatic hydroxyl groups excluding tert-OH is 1. The molecule has 1 unspecified atom stereocenters. The molecule has 2 aromatic rings. The lowest BCUT2D eigenvalue weighted by Crippen LogP contribution is -2.54. The van der Waals surface area contributed by atoms with Crippen molar-refractivity contribution in [3.63, 3.8) is 0 Å². The van der Waals surface area contributed by atoms with Gasteiger partial charge in [0.2, 0.25) is 11.8 Å². The minimum Gasteiger partial charge on any atom is -0.494 e. The number of rotatable bonds is 6. The molecule has 0 aliphatic carbocycles. The Morgan fingerprint density at radius 3 is 2.46 bits per heavy atom. The summed E-state index contributed by atoms with van der Waals surface area (Å²) < 4.78 is 4.65. The van der Waals surface area contributed by atoms with E-state index in [1.807, 2.05) is 87.5 Å². The molecule has 9 heteroatoms. The van der Waals surface area contributed by atoms with E-state index in [0.717, 1.165) is 28.3 Å². The fraction of sp³-hybridized carbons (Fsp3) is 0.406. The highest BCUT2D eigenvalue weighted by molar-refractivity contribution is 8.02. The van der Waals surface area contributed by atoms with E-state index in [9.17, 15) is 19.5 Å². The smallest absolute Gasteiger partial charge is 0.251 e. The molecule has 214 valence electrons. The number of β-amino-alcohol motifs (C(OH)–C–C–N with tert-alkyl or cyclic N) is 1. The van der Waals surface area contributed by atoms with E-state index < -0.39 is 22.6 Å². The number of hydrogen-bond acceptors (Lipinski definition) is 6. The molecule has 2 fully saturated rings. The van der Waals surface area contributed by atoms with Crippen LogP contribution in [-0.2, 0) is 14.4 Å². The predicted molar refractivity (Wildman–Crippen MR) is 160 cm³/mol. The number of anilines is 2. The lowest BCUT2D eigenvalue weighted by molar-refractivity contribution is -0.139. The van der Waals surface area contributed by atoms with Gasteiger partial charge in [-0.15, -0.1) is 11.8 Å². The minimum absolute atomic E-state index is 0.0343. The number of benzene rings is 2. The molecule has 8 nitrogen and oxygen atoms in total. The number of carbonyl (C=O) groups is 3. The molecule has 1 spiro atoms. The van der Waals surface area contributed by atoms with Crippen molar-refractivity contribution in [3.05, 3.63) is 77.9 Å². The molecule has 2 saturated heterocycles. The Hall–Kier alpha value is -3.56. The van der Waals surface area contributed by atoms with E-state index in [1.54, 1.807) is 21.6 Å². The van der Waals surface area contributed by atoms with Crippen LogP contribution in [0.25, 0.3) is 0 Å². The summed E-state index contributed by atoms with van der Waals surface area (Å²) in [5, 5.41) is 9.70. The molecule has 0 radical (unpaired) electrons. The van der Waals surface area contributed by atoms with Gasteiger partial charge in [0, 0.05) is 36.3 Å². The third-order valence-corrected chi connectivity index (χ3v) is 10.4. The van der Waals surface area contributed by atoms with Gasteiger partial charge in [-0.05, 0) is 62.2 Å². The highest BCUT2D eigenvalue weighted by atomic mass is 32.2. The van der Waals surface area contributed by atoms with Crippen LogP contribution in [0, 0.1) is 25.7 Å². The molecule has 1 N–H and O–H groups in total. The van der Waals surface area contributed by atoms with Crippen LogP contribution in [0.4, 0.5) is 11.4 Å². The Kier molecular flexibility index (Phi) is 7.20. The summed E-state index contributed by atoms with van der Waals surface area (Å²) in [5.74, 6) is -1.21. The summed E-state index contributed by atoms with van der Waals surface area (Å²) in [6.07, 6.45) is 7.99. The Bertz CT molecular complexity index is 1440. The normalized spacial score (nSPS) is 28.9. The Morgan fingerprint density at radius 2 is 1.73 bits per heavy atom. The number of thioether (sulfide) groups is 1. The molecular weight excluding hydrogens is 538 g/mol. The number of aryl methyl sites for hydroxylation is 2. The first kappa shape index (κ1) is 27.6. The van der Waals surface area contributed by atoms with Gasteiger partial charge < -0.3 is 24.5 Å². The van der Waals surface area contributed by atoms with Gasteiger partial charge in [0.15, 0.2) is 0 Å². The van der Waals surface area contributed by atoms with Crippen molar-refractivity contribution in [1.82, 2.24) is 4.90 Å². The summed E-state index contributed by atoms with van der Waals surface area (Å²) in [7, 11) is 0. The van der Waals surface area contributed by atoms with Crippen LogP contribution in [0.3, 0.4) is 0 Å². The first-order valence-electron chi connectivity index (χ1n) is 14.2. The van der Waals surface area contributed by atoms with E-state index >= 15 is 0 Å². The van der Waals surface area contributed by atoms with Crippen molar-refractivity contribution >= 4 is 40.9 Å². The van der Waals surface area contributed by atoms with Gasteiger partial charge in [-0.25, -0.2) is 0 Å². The minimum atomic E-state index is -0.924. The largest absolute Gasteiger partial charge is 0.494 e. The average Bonchev–Trinajstić information content (AvgIpc) is 3.26.